The van der Waals surface area contributed by atoms with Crippen LogP contribution in [-0.2, 0) is 14.3 Å². The third kappa shape index (κ3) is 3.40. The van der Waals surface area contributed by atoms with Crippen LogP contribution in [0.2, 0.25) is 5.02 Å². The third-order valence-electron chi connectivity index (χ3n) is 3.23. The van der Waals surface area contributed by atoms with Gasteiger partial charge in [0.15, 0.2) is 0 Å². The number of carbonyl (C=O) groups excluding carboxylic acids is 2. The Morgan fingerprint density at radius 2 is 2.18 bits per heavy atom. The number of methoxy groups -OCH3 is 1. The number of likely N-dealkylation sites (N-methyl/N-ethyl adjacent to an activating group) is 1. The molecule has 2 amide bonds. The average Bonchev–Trinajstić information content (AvgIpc) is 2.58. The van der Waals surface area contributed by atoms with Gasteiger partial charge in [-0.15, -0.1) is 0 Å². The van der Waals surface area contributed by atoms with Crippen LogP contribution in [0.4, 0.5) is 11.4 Å². The fourth-order valence-electron chi connectivity index (χ4n) is 2.16. The fourth-order valence-corrected chi connectivity index (χ4v) is 2.33. The van der Waals surface area contributed by atoms with Gasteiger partial charge in [-0.3, -0.25) is 9.59 Å². The summed E-state index contributed by atoms with van der Waals surface area (Å²) in [6.45, 7) is 3.28. The van der Waals surface area contributed by atoms with Gasteiger partial charge in [0.05, 0.1) is 18.0 Å². The predicted octanol–water partition coefficient (Wildman–Crippen LogP) is 1.76. The van der Waals surface area contributed by atoms with Crippen LogP contribution < -0.4 is 15.5 Å². The SMILES string of the molecule is CCN1C(=O)/C(=C\NCCOC)C(=O)Nc2cc(Cl)ccc21. The van der Waals surface area contributed by atoms with Gasteiger partial charge in [0.25, 0.3) is 11.8 Å². The Hall–Kier alpha value is -2.05. The lowest BCUT2D eigenvalue weighted by Gasteiger charge is -2.20. The summed E-state index contributed by atoms with van der Waals surface area (Å²) in [6.07, 6.45) is 1.42. The summed E-state index contributed by atoms with van der Waals surface area (Å²) in [5, 5.41) is 6.12. The highest BCUT2D eigenvalue weighted by Crippen LogP contribution is 2.32. The Kier molecular flexibility index (Phi) is 5.41. The molecule has 7 heteroatoms. The second kappa shape index (κ2) is 7.29. The zero-order valence-corrected chi connectivity index (χ0v) is 13.2. The number of hydrogen-bond acceptors (Lipinski definition) is 4. The molecule has 0 bridgehead atoms. The lowest BCUT2D eigenvalue weighted by atomic mass is 10.2. The van der Waals surface area contributed by atoms with Gasteiger partial charge < -0.3 is 20.3 Å². The molecule has 22 heavy (non-hydrogen) atoms. The summed E-state index contributed by atoms with van der Waals surface area (Å²) in [5.41, 5.74) is 1.20. The van der Waals surface area contributed by atoms with Crippen molar-refractivity contribution in [3.8, 4) is 0 Å². The minimum Gasteiger partial charge on any atom is -0.388 e. The van der Waals surface area contributed by atoms with E-state index in [1.807, 2.05) is 6.92 Å². The molecule has 0 aromatic heterocycles. The van der Waals surface area contributed by atoms with Gasteiger partial charge in [-0.1, -0.05) is 11.6 Å². The summed E-state index contributed by atoms with van der Waals surface area (Å²) >= 11 is 5.96. The second-order valence-corrected chi connectivity index (χ2v) is 5.11. The van der Waals surface area contributed by atoms with Gasteiger partial charge in [-0.25, -0.2) is 0 Å². The van der Waals surface area contributed by atoms with Gasteiger partial charge in [-0.05, 0) is 25.1 Å². The number of nitrogens with one attached hydrogen (secondary N) is 2. The fraction of sp³-hybridized carbons (Fsp3) is 0.333. The monoisotopic (exact) mass is 323 g/mol. The molecule has 0 aliphatic carbocycles. The zero-order valence-electron chi connectivity index (χ0n) is 12.5. The van der Waals surface area contributed by atoms with Gasteiger partial charge in [0, 0.05) is 31.4 Å². The summed E-state index contributed by atoms with van der Waals surface area (Å²) in [4.78, 5) is 26.4. The van der Waals surface area contributed by atoms with E-state index in [0.717, 1.165) is 0 Å². The molecule has 0 spiro atoms. The zero-order chi connectivity index (χ0) is 16.1. The van der Waals surface area contributed by atoms with Crippen LogP contribution in [0, 0.1) is 0 Å². The van der Waals surface area contributed by atoms with Crippen molar-refractivity contribution in [1.82, 2.24) is 5.32 Å². The molecule has 6 nitrogen and oxygen atoms in total. The van der Waals surface area contributed by atoms with Crippen molar-refractivity contribution in [1.29, 1.82) is 0 Å². The van der Waals surface area contributed by atoms with Crippen molar-refractivity contribution in [2.75, 3.05) is 37.0 Å². The van der Waals surface area contributed by atoms with Crippen molar-refractivity contribution in [2.45, 2.75) is 6.92 Å². The molecule has 2 rings (SSSR count). The van der Waals surface area contributed by atoms with Crippen LogP contribution in [-0.4, -0.2) is 38.6 Å². The summed E-state index contributed by atoms with van der Waals surface area (Å²) in [6, 6.07) is 5.04. The van der Waals surface area contributed by atoms with E-state index in [1.54, 1.807) is 25.3 Å². The molecule has 0 unspecified atom stereocenters. The molecule has 1 aromatic rings. The number of anilines is 2. The first kappa shape index (κ1) is 16.3. The topological polar surface area (TPSA) is 70.7 Å². The molecular formula is C15H18ClN3O3. The van der Waals surface area contributed by atoms with Crippen LogP contribution in [0.5, 0.6) is 0 Å². The number of benzene rings is 1. The van der Waals surface area contributed by atoms with Gasteiger partial charge in [0.2, 0.25) is 0 Å². The van der Waals surface area contributed by atoms with Crippen molar-refractivity contribution in [3.63, 3.8) is 0 Å². The summed E-state index contributed by atoms with van der Waals surface area (Å²) in [5.74, 6) is -0.819. The number of ether oxygens (including phenoxy) is 1. The van der Waals surface area contributed by atoms with E-state index in [-0.39, 0.29) is 11.5 Å². The lowest BCUT2D eigenvalue weighted by Crippen LogP contribution is -2.34. The van der Waals surface area contributed by atoms with E-state index in [4.69, 9.17) is 16.3 Å². The van der Waals surface area contributed by atoms with E-state index in [2.05, 4.69) is 10.6 Å². The van der Waals surface area contributed by atoms with Gasteiger partial charge in [0.1, 0.15) is 5.57 Å². The largest absolute Gasteiger partial charge is 0.388 e. The van der Waals surface area contributed by atoms with Crippen LogP contribution in [0.1, 0.15) is 6.92 Å². The molecule has 118 valence electrons. The normalized spacial score (nSPS) is 16.3. The highest BCUT2D eigenvalue weighted by molar-refractivity contribution is 6.33. The maximum Gasteiger partial charge on any atom is 0.265 e. The summed E-state index contributed by atoms with van der Waals surface area (Å²) in [7, 11) is 1.58. The summed E-state index contributed by atoms with van der Waals surface area (Å²) < 4.78 is 4.91. The number of nitrogens with zero attached hydrogens (tertiary/aromatic N) is 1. The number of carbonyl (C=O) groups is 2. The van der Waals surface area contributed by atoms with Crippen LogP contribution in [0.3, 0.4) is 0 Å². The van der Waals surface area contributed by atoms with Crippen molar-refractivity contribution in [2.24, 2.45) is 0 Å². The molecule has 1 aromatic carbocycles. The molecule has 0 fully saturated rings. The molecule has 1 aliphatic heterocycles. The Morgan fingerprint density at radius 3 is 2.86 bits per heavy atom. The number of amides is 2. The standard InChI is InChI=1S/C15H18ClN3O3/c1-3-19-13-5-4-10(16)8-12(13)18-14(20)11(15(19)21)9-17-6-7-22-2/h4-5,8-9,17H,3,6-7H2,1-2H3,(H,18,20)/b11-9-. The van der Waals surface area contributed by atoms with Crippen LogP contribution in [0.15, 0.2) is 30.0 Å². The first-order chi connectivity index (χ1) is 10.6. The molecule has 2 N–H and O–H groups in total. The molecule has 1 aliphatic rings. The number of halogens is 1. The molecule has 0 saturated heterocycles. The third-order valence-corrected chi connectivity index (χ3v) is 3.47. The molecule has 0 saturated carbocycles. The Bertz CT molecular complexity index is 616. The Balaban J connectivity index is 2.34. The number of rotatable bonds is 5. The molecular weight excluding hydrogens is 306 g/mol. The average molecular weight is 324 g/mol. The van der Waals surface area contributed by atoms with Crippen molar-refractivity contribution in [3.05, 3.63) is 35.0 Å². The minimum absolute atomic E-state index is 0.0466. The van der Waals surface area contributed by atoms with E-state index >= 15 is 0 Å². The first-order valence-electron chi connectivity index (χ1n) is 6.93. The highest BCUT2D eigenvalue weighted by Gasteiger charge is 2.30. The van der Waals surface area contributed by atoms with Crippen LogP contribution >= 0.6 is 11.6 Å². The molecule has 1 heterocycles. The molecule has 0 atom stereocenters. The second-order valence-electron chi connectivity index (χ2n) is 4.67. The van der Waals surface area contributed by atoms with Gasteiger partial charge in [-0.2, -0.15) is 0 Å². The van der Waals surface area contributed by atoms with Gasteiger partial charge >= 0.3 is 0 Å². The minimum atomic E-state index is -0.464. The quantitative estimate of drug-likeness (QED) is 0.492. The Labute approximate surface area is 134 Å². The smallest absolute Gasteiger partial charge is 0.265 e. The van der Waals surface area contributed by atoms with Crippen molar-refractivity contribution >= 4 is 34.8 Å². The van der Waals surface area contributed by atoms with E-state index in [9.17, 15) is 9.59 Å². The van der Waals surface area contributed by atoms with E-state index in [0.29, 0.717) is 36.1 Å². The van der Waals surface area contributed by atoms with Crippen LogP contribution in [0.25, 0.3) is 0 Å². The maximum atomic E-state index is 12.6. The lowest BCUT2D eigenvalue weighted by molar-refractivity contribution is -0.119. The number of fused-ring (bicyclic) bond motifs is 1. The highest BCUT2D eigenvalue weighted by atomic mass is 35.5. The Morgan fingerprint density at radius 1 is 1.41 bits per heavy atom. The predicted molar refractivity (Wildman–Crippen MR) is 86.1 cm³/mol. The van der Waals surface area contributed by atoms with E-state index < -0.39 is 5.91 Å². The molecule has 0 radical (unpaired) electrons. The first-order valence-corrected chi connectivity index (χ1v) is 7.31. The van der Waals surface area contributed by atoms with E-state index in [1.165, 1.54) is 11.1 Å². The van der Waals surface area contributed by atoms with Crippen molar-refractivity contribution < 1.29 is 14.3 Å². The maximum absolute atomic E-state index is 12.6. The number of hydrogen-bond donors (Lipinski definition) is 2.